The summed E-state index contributed by atoms with van der Waals surface area (Å²) >= 11 is 1.25. The average Bonchev–Trinajstić information content (AvgIpc) is 2.81. The maximum Gasteiger partial charge on any atom is 0.266 e. The second-order valence-electron chi connectivity index (χ2n) is 7.09. The summed E-state index contributed by atoms with van der Waals surface area (Å²) in [5.41, 5.74) is 1.82. The van der Waals surface area contributed by atoms with Crippen LogP contribution in [0.1, 0.15) is 13.8 Å². The van der Waals surface area contributed by atoms with Crippen molar-refractivity contribution in [1.29, 1.82) is 0 Å². The summed E-state index contributed by atoms with van der Waals surface area (Å²) in [6.45, 7) is 4.30. The maximum absolute atomic E-state index is 13.3. The third-order valence-corrected chi connectivity index (χ3v) is 5.90. The van der Waals surface area contributed by atoms with Crippen molar-refractivity contribution < 1.29 is 9.53 Å². The molecule has 0 bridgehead atoms. The van der Waals surface area contributed by atoms with Gasteiger partial charge in [-0.15, -0.1) is 0 Å². The molecule has 0 unspecified atom stereocenters. The minimum absolute atomic E-state index is 0.163. The van der Waals surface area contributed by atoms with Crippen LogP contribution in [0.25, 0.3) is 16.6 Å². The van der Waals surface area contributed by atoms with E-state index < -0.39 is 5.25 Å². The molecular formula is C25H23N3O3S. The molecule has 0 spiro atoms. The van der Waals surface area contributed by atoms with Gasteiger partial charge < -0.3 is 10.1 Å². The Hall–Kier alpha value is -3.58. The fourth-order valence-corrected chi connectivity index (χ4v) is 4.18. The Balaban J connectivity index is 1.62. The number of rotatable bonds is 7. The highest BCUT2D eigenvalue weighted by atomic mass is 32.2. The van der Waals surface area contributed by atoms with E-state index >= 15 is 0 Å². The average molecular weight is 446 g/mol. The molecule has 7 heteroatoms. The summed E-state index contributed by atoms with van der Waals surface area (Å²) in [6, 6.07) is 23.8. The SMILES string of the molecule is CCOc1ccc(NC(=O)[C@H](C)Sc2nc3ccccc3c(=O)n2-c2ccccc2)cc1. The number of nitrogens with zero attached hydrogens (tertiary/aromatic N) is 2. The van der Waals surface area contributed by atoms with Gasteiger partial charge in [-0.2, -0.15) is 0 Å². The molecular weight excluding hydrogens is 422 g/mol. The van der Waals surface area contributed by atoms with Gasteiger partial charge >= 0.3 is 0 Å². The van der Waals surface area contributed by atoms with Gasteiger partial charge in [-0.1, -0.05) is 42.1 Å². The Bertz CT molecular complexity index is 1290. The van der Waals surface area contributed by atoms with E-state index in [1.807, 2.05) is 61.5 Å². The van der Waals surface area contributed by atoms with Crippen LogP contribution in [0.15, 0.2) is 88.8 Å². The number of thioether (sulfide) groups is 1. The number of benzene rings is 3. The number of amides is 1. The highest BCUT2D eigenvalue weighted by Crippen LogP contribution is 2.26. The Morgan fingerprint density at radius 3 is 2.44 bits per heavy atom. The molecule has 32 heavy (non-hydrogen) atoms. The van der Waals surface area contributed by atoms with Gasteiger partial charge in [0, 0.05) is 5.69 Å². The summed E-state index contributed by atoms with van der Waals surface area (Å²) in [5, 5.41) is 3.43. The maximum atomic E-state index is 13.3. The normalized spacial score (nSPS) is 11.8. The number of ether oxygens (including phenoxy) is 1. The Morgan fingerprint density at radius 2 is 1.72 bits per heavy atom. The zero-order valence-electron chi connectivity index (χ0n) is 17.8. The molecule has 0 saturated heterocycles. The van der Waals surface area contributed by atoms with E-state index in [2.05, 4.69) is 5.32 Å². The number of para-hydroxylation sites is 2. The molecule has 0 fully saturated rings. The molecule has 6 nitrogen and oxygen atoms in total. The summed E-state index contributed by atoms with van der Waals surface area (Å²) in [6.07, 6.45) is 0. The smallest absolute Gasteiger partial charge is 0.266 e. The lowest BCUT2D eigenvalue weighted by atomic mass is 10.2. The van der Waals surface area contributed by atoms with E-state index in [9.17, 15) is 9.59 Å². The fraction of sp³-hybridized carbons (Fsp3) is 0.160. The van der Waals surface area contributed by atoms with E-state index in [0.717, 1.165) is 5.75 Å². The summed E-state index contributed by atoms with van der Waals surface area (Å²) in [5.74, 6) is 0.571. The molecule has 0 saturated carbocycles. The highest BCUT2D eigenvalue weighted by molar-refractivity contribution is 8.00. The zero-order chi connectivity index (χ0) is 22.5. The molecule has 4 aromatic rings. The van der Waals surface area contributed by atoms with Crippen LogP contribution >= 0.6 is 11.8 Å². The predicted octanol–water partition coefficient (Wildman–Crippen LogP) is 4.90. The van der Waals surface area contributed by atoms with E-state index in [0.29, 0.717) is 34.0 Å². The van der Waals surface area contributed by atoms with Crippen molar-refractivity contribution in [2.24, 2.45) is 0 Å². The van der Waals surface area contributed by atoms with E-state index in [1.165, 1.54) is 11.8 Å². The lowest BCUT2D eigenvalue weighted by Crippen LogP contribution is -2.26. The van der Waals surface area contributed by atoms with Crippen LogP contribution in [0.4, 0.5) is 5.69 Å². The third-order valence-electron chi connectivity index (χ3n) is 4.84. The molecule has 1 heterocycles. The molecule has 3 aromatic carbocycles. The number of carbonyl (C=O) groups is 1. The van der Waals surface area contributed by atoms with E-state index in [4.69, 9.17) is 9.72 Å². The van der Waals surface area contributed by atoms with Crippen LogP contribution in [-0.2, 0) is 4.79 Å². The Labute approximate surface area is 190 Å². The number of fused-ring (bicyclic) bond motifs is 1. The lowest BCUT2D eigenvalue weighted by molar-refractivity contribution is -0.115. The Morgan fingerprint density at radius 1 is 1.03 bits per heavy atom. The van der Waals surface area contributed by atoms with Crippen LogP contribution in [0.3, 0.4) is 0 Å². The lowest BCUT2D eigenvalue weighted by Gasteiger charge is -2.16. The van der Waals surface area contributed by atoms with Gasteiger partial charge in [-0.3, -0.25) is 14.2 Å². The van der Waals surface area contributed by atoms with Crippen LogP contribution in [0, 0.1) is 0 Å². The van der Waals surface area contributed by atoms with Crippen molar-refractivity contribution in [3.8, 4) is 11.4 Å². The van der Waals surface area contributed by atoms with Gasteiger partial charge in [0.05, 0.1) is 28.4 Å². The monoisotopic (exact) mass is 445 g/mol. The van der Waals surface area contributed by atoms with Crippen molar-refractivity contribution >= 4 is 34.3 Å². The number of nitrogens with one attached hydrogen (secondary N) is 1. The first-order chi connectivity index (χ1) is 15.6. The van der Waals surface area contributed by atoms with E-state index in [1.54, 1.807) is 35.8 Å². The fourth-order valence-electron chi connectivity index (χ4n) is 3.25. The Kier molecular flexibility index (Phi) is 6.56. The van der Waals surface area contributed by atoms with E-state index in [-0.39, 0.29) is 11.5 Å². The molecule has 1 amide bonds. The molecule has 1 aromatic heterocycles. The third kappa shape index (κ3) is 4.68. The molecule has 162 valence electrons. The number of hydrogen-bond donors (Lipinski definition) is 1. The molecule has 1 N–H and O–H groups in total. The number of anilines is 1. The second-order valence-corrected chi connectivity index (χ2v) is 8.40. The first-order valence-corrected chi connectivity index (χ1v) is 11.2. The van der Waals surface area contributed by atoms with Crippen LogP contribution < -0.4 is 15.6 Å². The van der Waals surface area contributed by atoms with Gasteiger partial charge in [0.25, 0.3) is 5.56 Å². The number of aromatic nitrogens is 2. The first kappa shape index (κ1) is 21.6. The van der Waals surface area contributed by atoms with Crippen LogP contribution in [-0.4, -0.2) is 27.3 Å². The van der Waals surface area contributed by atoms with Crippen molar-refractivity contribution in [2.45, 2.75) is 24.3 Å². The molecule has 0 radical (unpaired) electrons. The minimum Gasteiger partial charge on any atom is -0.494 e. The minimum atomic E-state index is -0.482. The zero-order valence-corrected chi connectivity index (χ0v) is 18.6. The highest BCUT2D eigenvalue weighted by Gasteiger charge is 2.20. The number of hydrogen-bond acceptors (Lipinski definition) is 5. The van der Waals surface area contributed by atoms with Gasteiger partial charge in [-0.25, -0.2) is 4.98 Å². The van der Waals surface area contributed by atoms with Crippen molar-refractivity contribution in [1.82, 2.24) is 9.55 Å². The number of carbonyl (C=O) groups excluding carboxylic acids is 1. The quantitative estimate of drug-likeness (QED) is 0.323. The first-order valence-electron chi connectivity index (χ1n) is 10.3. The van der Waals surface area contributed by atoms with Crippen LogP contribution in [0.5, 0.6) is 5.75 Å². The van der Waals surface area contributed by atoms with Gasteiger partial charge in [0.15, 0.2) is 5.16 Å². The predicted molar refractivity (Wildman–Crippen MR) is 129 cm³/mol. The van der Waals surface area contributed by atoms with Gasteiger partial charge in [0.2, 0.25) is 5.91 Å². The molecule has 0 aliphatic heterocycles. The standard InChI is InChI=1S/C25H23N3O3S/c1-3-31-20-15-13-18(14-16-20)26-23(29)17(2)32-25-27-22-12-8-7-11-21(22)24(30)28(25)19-9-5-4-6-10-19/h4-17H,3H2,1-2H3,(H,26,29)/t17-/m0/s1. The van der Waals surface area contributed by atoms with Crippen molar-refractivity contribution in [2.75, 3.05) is 11.9 Å². The molecule has 1 atom stereocenters. The van der Waals surface area contributed by atoms with Gasteiger partial charge in [-0.05, 0) is 62.4 Å². The van der Waals surface area contributed by atoms with Crippen LogP contribution in [0.2, 0.25) is 0 Å². The molecule has 0 aliphatic carbocycles. The summed E-state index contributed by atoms with van der Waals surface area (Å²) in [7, 11) is 0. The van der Waals surface area contributed by atoms with Crippen molar-refractivity contribution in [3.63, 3.8) is 0 Å². The van der Waals surface area contributed by atoms with Crippen molar-refractivity contribution in [3.05, 3.63) is 89.2 Å². The topological polar surface area (TPSA) is 73.2 Å². The molecule has 0 aliphatic rings. The second kappa shape index (κ2) is 9.70. The largest absolute Gasteiger partial charge is 0.494 e. The van der Waals surface area contributed by atoms with Gasteiger partial charge in [0.1, 0.15) is 5.75 Å². The summed E-state index contributed by atoms with van der Waals surface area (Å²) < 4.78 is 7.00. The molecule has 4 rings (SSSR count). The summed E-state index contributed by atoms with van der Waals surface area (Å²) in [4.78, 5) is 30.8.